The molecule has 2 aromatic carbocycles. The van der Waals surface area contributed by atoms with E-state index < -0.39 is 65.0 Å². The van der Waals surface area contributed by atoms with E-state index in [9.17, 15) is 29.1 Å². The highest BCUT2D eigenvalue weighted by molar-refractivity contribution is 5.97. The van der Waals surface area contributed by atoms with Crippen LogP contribution in [-0.4, -0.2) is 94.3 Å². The van der Waals surface area contributed by atoms with Crippen molar-refractivity contribution in [2.45, 2.75) is 62.9 Å². The molecule has 0 spiro atoms. The van der Waals surface area contributed by atoms with E-state index in [-0.39, 0.29) is 25.9 Å². The third kappa shape index (κ3) is 8.33. The number of carbonyl (C=O) groups is 5. The van der Waals surface area contributed by atoms with Crippen molar-refractivity contribution in [2.24, 2.45) is 5.92 Å². The molecule has 1 aromatic heterocycles. The number of pyridine rings is 1. The number of nitrogens with zero attached hydrogens (tertiary/aromatic N) is 2. The van der Waals surface area contributed by atoms with Gasteiger partial charge < -0.3 is 40.2 Å². The van der Waals surface area contributed by atoms with Crippen molar-refractivity contribution >= 4 is 40.7 Å². The second-order valence-corrected chi connectivity index (χ2v) is 13.7. The van der Waals surface area contributed by atoms with Gasteiger partial charge >= 0.3 is 12.1 Å². The number of carboxylic acids is 1. The lowest BCUT2D eigenvalue weighted by Crippen LogP contribution is -2.58. The third-order valence-electron chi connectivity index (χ3n) is 8.87. The molecule has 5 rings (SSSR count). The van der Waals surface area contributed by atoms with Crippen molar-refractivity contribution in [3.05, 3.63) is 79.9 Å². The number of rotatable bonds is 13. The zero-order valence-electron chi connectivity index (χ0n) is 29.5. The van der Waals surface area contributed by atoms with E-state index in [0.717, 1.165) is 11.6 Å². The van der Waals surface area contributed by atoms with Crippen LogP contribution in [0.2, 0.25) is 0 Å². The zero-order chi connectivity index (χ0) is 37.8. The fourth-order valence-corrected chi connectivity index (χ4v) is 6.16. The quantitative estimate of drug-likeness (QED) is 0.151. The summed E-state index contributed by atoms with van der Waals surface area (Å²) in [7, 11) is 1.55. The summed E-state index contributed by atoms with van der Waals surface area (Å²) in [6, 6.07) is 14.0. The maximum Gasteiger partial charge on any atom is 0.408 e. The first-order valence-corrected chi connectivity index (χ1v) is 16.8. The Labute approximate surface area is 301 Å². The van der Waals surface area contributed by atoms with Gasteiger partial charge in [-0.3, -0.25) is 14.4 Å². The molecule has 1 aliphatic carbocycles. The van der Waals surface area contributed by atoms with Gasteiger partial charge in [0.15, 0.2) is 0 Å². The SMILES string of the molecule is C=CC(=O)NC[C@H](NC(=O)OC(C)(C)C)C(=O)N1C[C@H](Oc2cc(-c3ccccc3)nc3cc(OC)ccc23)C[C@H]1C(=O)N[C@]1(C(=O)O)C[C@H]1C=C. The molecule has 4 amide bonds. The number of fused-ring (bicyclic) bond motifs is 1. The Bertz CT molecular complexity index is 1890. The molecule has 4 N–H and O–H groups in total. The van der Waals surface area contributed by atoms with Gasteiger partial charge in [0.1, 0.15) is 40.8 Å². The molecule has 52 heavy (non-hydrogen) atoms. The molecule has 274 valence electrons. The van der Waals surface area contributed by atoms with E-state index in [0.29, 0.717) is 28.1 Å². The van der Waals surface area contributed by atoms with Gasteiger partial charge in [-0.15, -0.1) is 6.58 Å². The number of aromatic nitrogens is 1. The third-order valence-corrected chi connectivity index (χ3v) is 8.87. The zero-order valence-corrected chi connectivity index (χ0v) is 29.5. The van der Waals surface area contributed by atoms with Crippen molar-refractivity contribution in [1.29, 1.82) is 0 Å². The lowest BCUT2D eigenvalue weighted by atomic mass is 10.1. The number of nitrogens with one attached hydrogen (secondary N) is 3. The molecule has 2 heterocycles. The van der Waals surface area contributed by atoms with Crippen molar-refractivity contribution < 1.29 is 43.3 Å². The van der Waals surface area contributed by atoms with E-state index >= 15 is 0 Å². The first kappa shape index (κ1) is 37.3. The second-order valence-electron chi connectivity index (χ2n) is 13.7. The van der Waals surface area contributed by atoms with Crippen LogP contribution in [0.1, 0.15) is 33.6 Å². The van der Waals surface area contributed by atoms with Crippen LogP contribution in [0.3, 0.4) is 0 Å². The lowest BCUT2D eigenvalue weighted by molar-refractivity contribution is -0.145. The Morgan fingerprint density at radius 2 is 1.83 bits per heavy atom. The van der Waals surface area contributed by atoms with Gasteiger partial charge in [0, 0.05) is 42.0 Å². The van der Waals surface area contributed by atoms with Crippen LogP contribution >= 0.6 is 0 Å². The molecule has 0 bridgehead atoms. The van der Waals surface area contributed by atoms with E-state index in [1.54, 1.807) is 52.1 Å². The van der Waals surface area contributed by atoms with Gasteiger partial charge in [-0.2, -0.15) is 0 Å². The number of methoxy groups -OCH3 is 1. The molecule has 2 aliphatic rings. The number of carboxylic acid groups (broad SMARTS) is 1. The normalized spacial score (nSPS) is 21.3. The molecular formula is C38H43N5O9. The van der Waals surface area contributed by atoms with Crippen LogP contribution in [0.5, 0.6) is 11.5 Å². The summed E-state index contributed by atoms with van der Waals surface area (Å²) in [5.74, 6) is -2.74. The maximum atomic E-state index is 14.3. The topological polar surface area (TPSA) is 185 Å². The standard InChI is InChI=1S/C38H43N5O9/c1-7-23-19-38(23,35(47)48)42-33(45)30-17-25(21-43(30)34(46)29(20-39-32(44)8-2)41-36(49)52-37(3,4)5)51-31-18-27(22-12-10-9-11-13-22)40-28-16-24(50-6)14-15-26(28)31/h7-16,18,23,25,29-30H,1-2,17,19-21H2,3-6H3,(H,39,44)(H,41,49)(H,42,45)(H,47,48)/t23-,25-,29+,30+,38-/m1/s1. The summed E-state index contributed by atoms with van der Waals surface area (Å²) in [5.41, 5.74) is -0.435. The van der Waals surface area contributed by atoms with Crippen LogP contribution in [-0.2, 0) is 23.9 Å². The Balaban J connectivity index is 1.50. The monoisotopic (exact) mass is 713 g/mol. The molecular weight excluding hydrogens is 670 g/mol. The van der Waals surface area contributed by atoms with Gasteiger partial charge in [0.2, 0.25) is 17.7 Å². The minimum absolute atomic E-state index is 0.0230. The second kappa shape index (κ2) is 15.1. The molecule has 14 nitrogen and oxygen atoms in total. The summed E-state index contributed by atoms with van der Waals surface area (Å²) in [4.78, 5) is 71.6. The van der Waals surface area contributed by atoms with Crippen LogP contribution in [0.15, 0.2) is 79.9 Å². The molecule has 14 heteroatoms. The van der Waals surface area contributed by atoms with E-state index in [4.69, 9.17) is 19.2 Å². The number of ether oxygens (including phenoxy) is 3. The molecule has 1 saturated carbocycles. The Kier molecular flexibility index (Phi) is 10.9. The number of carbonyl (C=O) groups excluding carboxylic acids is 4. The average molecular weight is 714 g/mol. The van der Waals surface area contributed by atoms with Gasteiger partial charge in [-0.25, -0.2) is 14.6 Å². The Hall–Kier alpha value is -5.92. The summed E-state index contributed by atoms with van der Waals surface area (Å²) >= 11 is 0. The van der Waals surface area contributed by atoms with Gasteiger partial charge in [-0.05, 0) is 45.4 Å². The van der Waals surface area contributed by atoms with Crippen molar-refractivity contribution in [3.63, 3.8) is 0 Å². The van der Waals surface area contributed by atoms with Crippen LogP contribution in [0.25, 0.3) is 22.2 Å². The minimum atomic E-state index is -1.57. The first-order valence-electron chi connectivity index (χ1n) is 16.8. The van der Waals surface area contributed by atoms with Gasteiger partial charge in [-0.1, -0.05) is 43.0 Å². The first-order chi connectivity index (χ1) is 24.7. The Morgan fingerprint density at radius 3 is 2.44 bits per heavy atom. The minimum Gasteiger partial charge on any atom is -0.497 e. The number of hydrogen-bond acceptors (Lipinski definition) is 9. The van der Waals surface area contributed by atoms with Crippen LogP contribution in [0.4, 0.5) is 4.79 Å². The van der Waals surface area contributed by atoms with Crippen molar-refractivity contribution in [2.75, 3.05) is 20.2 Å². The number of hydrogen-bond donors (Lipinski definition) is 4. The lowest BCUT2D eigenvalue weighted by Gasteiger charge is -2.30. The summed E-state index contributed by atoms with van der Waals surface area (Å²) in [6.07, 6.45) is 0.912. The van der Waals surface area contributed by atoms with Crippen molar-refractivity contribution in [3.8, 4) is 22.8 Å². The largest absolute Gasteiger partial charge is 0.497 e. The van der Waals surface area contributed by atoms with Gasteiger partial charge in [0.25, 0.3) is 0 Å². The predicted octanol–water partition coefficient (Wildman–Crippen LogP) is 3.60. The molecule has 5 atom stereocenters. The highest BCUT2D eigenvalue weighted by Gasteiger charge is 2.61. The van der Waals surface area contributed by atoms with Crippen molar-refractivity contribution in [1.82, 2.24) is 25.8 Å². The fourth-order valence-electron chi connectivity index (χ4n) is 6.16. The van der Waals surface area contributed by atoms with E-state index in [1.807, 2.05) is 30.3 Å². The van der Waals surface area contributed by atoms with Crippen LogP contribution in [0, 0.1) is 5.92 Å². The summed E-state index contributed by atoms with van der Waals surface area (Å²) in [6.45, 7) is 11.6. The highest BCUT2D eigenvalue weighted by atomic mass is 16.6. The molecule has 0 unspecified atom stereocenters. The summed E-state index contributed by atoms with van der Waals surface area (Å²) < 4.78 is 17.4. The smallest absolute Gasteiger partial charge is 0.408 e. The maximum absolute atomic E-state index is 14.3. The van der Waals surface area contributed by atoms with Gasteiger partial charge in [0.05, 0.1) is 24.9 Å². The molecule has 2 fully saturated rings. The predicted molar refractivity (Wildman–Crippen MR) is 191 cm³/mol. The molecule has 0 radical (unpaired) electrons. The molecule has 3 aromatic rings. The number of alkyl carbamates (subject to hydrolysis) is 1. The average Bonchev–Trinajstić information content (AvgIpc) is 3.68. The molecule has 1 aliphatic heterocycles. The number of benzene rings is 2. The summed E-state index contributed by atoms with van der Waals surface area (Å²) in [5, 5.41) is 18.3. The van der Waals surface area contributed by atoms with Crippen LogP contribution < -0.4 is 25.4 Å². The highest BCUT2D eigenvalue weighted by Crippen LogP contribution is 2.45. The van der Waals surface area contributed by atoms with E-state index in [1.165, 1.54) is 11.0 Å². The Morgan fingerprint density at radius 1 is 1.10 bits per heavy atom. The number of likely N-dealkylation sites (tertiary alicyclic amines) is 1. The fraction of sp³-hybridized carbons (Fsp3) is 0.368. The number of amides is 4. The molecule has 1 saturated heterocycles. The van der Waals surface area contributed by atoms with E-state index in [2.05, 4.69) is 29.1 Å². The number of aliphatic carboxylic acids is 1.